The number of methoxy groups -OCH3 is 1. The van der Waals surface area contributed by atoms with Gasteiger partial charge in [-0.2, -0.15) is 5.10 Å². The molecule has 0 fully saturated rings. The molecule has 0 N–H and O–H groups in total. The van der Waals surface area contributed by atoms with Crippen LogP contribution in [-0.2, 0) is 0 Å². The van der Waals surface area contributed by atoms with Gasteiger partial charge in [0.25, 0.3) is 0 Å². The van der Waals surface area contributed by atoms with Crippen molar-refractivity contribution in [1.29, 1.82) is 0 Å². The molecule has 0 aliphatic carbocycles. The number of nitrogens with zero attached hydrogens (tertiary/aromatic N) is 2. The minimum atomic E-state index is -0.373. The van der Waals surface area contributed by atoms with Gasteiger partial charge in [0.2, 0.25) is 5.43 Å². The molecule has 0 saturated carbocycles. The van der Waals surface area contributed by atoms with Crippen molar-refractivity contribution in [3.05, 3.63) is 51.9 Å². The molecule has 5 nitrogen and oxygen atoms in total. The summed E-state index contributed by atoms with van der Waals surface area (Å²) in [5, 5.41) is 4.02. The molecule has 0 bridgehead atoms. The number of aromatic nitrogens is 2. The van der Waals surface area contributed by atoms with Crippen molar-refractivity contribution in [3.63, 3.8) is 0 Å². The highest BCUT2D eigenvalue weighted by molar-refractivity contribution is 5.71. The van der Waals surface area contributed by atoms with Crippen LogP contribution in [0.1, 0.15) is 16.2 Å². The fourth-order valence-corrected chi connectivity index (χ4v) is 1.65. The average Bonchev–Trinajstić information content (AvgIpc) is 2.39. The molecule has 1 aromatic carbocycles. The third kappa shape index (κ3) is 2.15. The van der Waals surface area contributed by atoms with Crippen LogP contribution in [0.2, 0.25) is 0 Å². The van der Waals surface area contributed by atoms with Gasteiger partial charge < -0.3 is 4.74 Å². The monoisotopic (exact) mass is 244 g/mol. The average molecular weight is 244 g/mol. The summed E-state index contributed by atoms with van der Waals surface area (Å²) in [6.45, 7) is 1.75. The van der Waals surface area contributed by atoms with Crippen LogP contribution in [-0.4, -0.2) is 23.2 Å². The normalized spacial score (nSPS) is 10.1. The van der Waals surface area contributed by atoms with Crippen molar-refractivity contribution in [3.8, 4) is 11.4 Å². The molecular formula is C13H12N2O3. The van der Waals surface area contributed by atoms with E-state index in [4.69, 9.17) is 4.74 Å². The van der Waals surface area contributed by atoms with E-state index in [0.717, 1.165) is 5.69 Å². The van der Waals surface area contributed by atoms with Gasteiger partial charge in [0, 0.05) is 17.8 Å². The van der Waals surface area contributed by atoms with Crippen molar-refractivity contribution in [2.45, 2.75) is 6.92 Å². The highest BCUT2D eigenvalue weighted by Crippen LogP contribution is 2.16. The number of carbonyl (C=O) groups excluding carboxylic acids is 1. The highest BCUT2D eigenvalue weighted by Gasteiger charge is 2.07. The molecule has 1 heterocycles. The summed E-state index contributed by atoms with van der Waals surface area (Å²) in [6.07, 6.45) is 0.457. The maximum absolute atomic E-state index is 11.4. The van der Waals surface area contributed by atoms with Crippen LogP contribution in [0.15, 0.2) is 35.1 Å². The lowest BCUT2D eigenvalue weighted by Gasteiger charge is -2.10. The van der Waals surface area contributed by atoms with E-state index in [2.05, 4.69) is 5.10 Å². The Bertz CT molecular complexity index is 647. The Balaban J connectivity index is 2.62. The standard InChI is InChI=1S/C13H12N2O3/c1-9-6-13(17)12(8-16)14-15(9)10-4-3-5-11(7-10)18-2/h3-8H,1-2H3. The minimum Gasteiger partial charge on any atom is -0.497 e. The quantitative estimate of drug-likeness (QED) is 0.765. The number of rotatable bonds is 3. The van der Waals surface area contributed by atoms with Crippen LogP contribution < -0.4 is 10.2 Å². The summed E-state index contributed by atoms with van der Waals surface area (Å²) in [5.74, 6) is 0.681. The second-order valence-electron chi connectivity index (χ2n) is 3.77. The largest absolute Gasteiger partial charge is 0.497 e. The number of ether oxygens (including phenoxy) is 1. The second-order valence-corrected chi connectivity index (χ2v) is 3.77. The Labute approximate surface area is 104 Å². The maximum Gasteiger partial charge on any atom is 0.211 e. The number of aryl methyl sites for hydroxylation is 1. The summed E-state index contributed by atoms with van der Waals surface area (Å²) in [7, 11) is 1.57. The van der Waals surface area contributed by atoms with E-state index in [1.165, 1.54) is 10.7 Å². The maximum atomic E-state index is 11.4. The summed E-state index contributed by atoms with van der Waals surface area (Å²) < 4.78 is 6.66. The van der Waals surface area contributed by atoms with Gasteiger partial charge in [0.1, 0.15) is 5.75 Å². The van der Waals surface area contributed by atoms with Crippen molar-refractivity contribution < 1.29 is 9.53 Å². The van der Waals surface area contributed by atoms with Crippen molar-refractivity contribution in [1.82, 2.24) is 9.78 Å². The van der Waals surface area contributed by atoms with Crippen LogP contribution in [0.5, 0.6) is 5.75 Å². The zero-order chi connectivity index (χ0) is 13.1. The SMILES string of the molecule is COc1cccc(-n2nc(C=O)c(=O)cc2C)c1. The Hall–Kier alpha value is -2.43. The molecule has 2 aromatic rings. The molecule has 0 unspecified atom stereocenters. The third-order valence-electron chi connectivity index (χ3n) is 2.54. The van der Waals surface area contributed by atoms with Crippen LogP contribution in [0.3, 0.4) is 0 Å². The van der Waals surface area contributed by atoms with Crippen molar-refractivity contribution in [2.24, 2.45) is 0 Å². The first kappa shape index (κ1) is 12.0. The zero-order valence-corrected chi connectivity index (χ0v) is 10.1. The minimum absolute atomic E-state index is 0.108. The van der Waals surface area contributed by atoms with Gasteiger partial charge in [-0.25, -0.2) is 4.68 Å². The Kier molecular flexibility index (Phi) is 3.23. The topological polar surface area (TPSA) is 61.2 Å². The molecule has 2 rings (SSSR count). The van der Waals surface area contributed by atoms with E-state index in [0.29, 0.717) is 17.7 Å². The van der Waals surface area contributed by atoms with Gasteiger partial charge in [-0.15, -0.1) is 0 Å². The smallest absolute Gasteiger partial charge is 0.211 e. The predicted molar refractivity (Wildman–Crippen MR) is 66.5 cm³/mol. The molecule has 5 heteroatoms. The Morgan fingerprint density at radius 3 is 2.78 bits per heavy atom. The van der Waals surface area contributed by atoms with E-state index in [1.807, 2.05) is 18.2 Å². The summed E-state index contributed by atoms with van der Waals surface area (Å²) in [6, 6.07) is 8.60. The van der Waals surface area contributed by atoms with Gasteiger partial charge in [-0.1, -0.05) is 6.07 Å². The molecular weight excluding hydrogens is 232 g/mol. The fourth-order valence-electron chi connectivity index (χ4n) is 1.65. The highest BCUT2D eigenvalue weighted by atomic mass is 16.5. The zero-order valence-electron chi connectivity index (χ0n) is 10.1. The number of hydrogen-bond acceptors (Lipinski definition) is 4. The van der Waals surface area contributed by atoms with Crippen LogP contribution in [0.25, 0.3) is 5.69 Å². The molecule has 0 atom stereocenters. The van der Waals surface area contributed by atoms with Crippen molar-refractivity contribution >= 4 is 6.29 Å². The molecule has 0 aliphatic rings. The molecule has 0 spiro atoms. The van der Waals surface area contributed by atoms with Crippen LogP contribution in [0, 0.1) is 6.92 Å². The molecule has 1 aromatic heterocycles. The van der Waals surface area contributed by atoms with E-state index >= 15 is 0 Å². The number of aldehydes is 1. The van der Waals surface area contributed by atoms with E-state index in [1.54, 1.807) is 20.1 Å². The first-order chi connectivity index (χ1) is 8.65. The molecule has 18 heavy (non-hydrogen) atoms. The molecule has 0 radical (unpaired) electrons. The fraction of sp³-hybridized carbons (Fsp3) is 0.154. The van der Waals surface area contributed by atoms with Gasteiger partial charge in [-0.05, 0) is 19.1 Å². The number of hydrogen-bond donors (Lipinski definition) is 0. The summed E-state index contributed by atoms with van der Waals surface area (Å²) >= 11 is 0. The summed E-state index contributed by atoms with van der Waals surface area (Å²) in [5.41, 5.74) is 0.902. The van der Waals surface area contributed by atoms with Crippen LogP contribution in [0.4, 0.5) is 0 Å². The predicted octanol–water partition coefficient (Wildman–Crippen LogP) is 1.36. The number of carbonyl (C=O) groups is 1. The lowest BCUT2D eigenvalue weighted by Crippen LogP contribution is -2.18. The third-order valence-corrected chi connectivity index (χ3v) is 2.54. The second kappa shape index (κ2) is 4.83. The van der Waals surface area contributed by atoms with Gasteiger partial charge >= 0.3 is 0 Å². The molecule has 0 amide bonds. The first-order valence-corrected chi connectivity index (χ1v) is 5.36. The molecule has 0 aliphatic heterocycles. The van der Waals surface area contributed by atoms with E-state index < -0.39 is 0 Å². The first-order valence-electron chi connectivity index (χ1n) is 5.36. The van der Waals surface area contributed by atoms with E-state index in [-0.39, 0.29) is 11.1 Å². The lowest BCUT2D eigenvalue weighted by molar-refractivity contribution is 0.111. The number of benzene rings is 1. The Morgan fingerprint density at radius 1 is 1.33 bits per heavy atom. The summed E-state index contributed by atoms with van der Waals surface area (Å²) in [4.78, 5) is 22.2. The molecule has 0 saturated heterocycles. The van der Waals surface area contributed by atoms with Crippen LogP contribution >= 0.6 is 0 Å². The molecule has 92 valence electrons. The van der Waals surface area contributed by atoms with Gasteiger partial charge in [-0.3, -0.25) is 9.59 Å². The van der Waals surface area contributed by atoms with Gasteiger partial charge in [0.05, 0.1) is 12.8 Å². The van der Waals surface area contributed by atoms with E-state index in [9.17, 15) is 9.59 Å². The van der Waals surface area contributed by atoms with Crippen molar-refractivity contribution in [2.75, 3.05) is 7.11 Å². The Morgan fingerprint density at radius 2 is 2.11 bits per heavy atom. The lowest BCUT2D eigenvalue weighted by atomic mass is 10.2. The van der Waals surface area contributed by atoms with Gasteiger partial charge in [0.15, 0.2) is 12.0 Å².